The zero-order valence-electron chi connectivity index (χ0n) is 11.2. The Bertz CT molecular complexity index is 497. The van der Waals surface area contributed by atoms with Crippen molar-refractivity contribution in [1.29, 1.82) is 0 Å². The number of aromatic nitrogens is 2. The Morgan fingerprint density at radius 2 is 1.83 bits per heavy atom. The van der Waals surface area contributed by atoms with Gasteiger partial charge in [0.05, 0.1) is 5.69 Å². The highest BCUT2D eigenvalue weighted by Crippen LogP contribution is 2.24. The van der Waals surface area contributed by atoms with Crippen molar-refractivity contribution in [3.8, 4) is 11.3 Å². The molecule has 0 unspecified atom stereocenters. The summed E-state index contributed by atoms with van der Waals surface area (Å²) in [6.45, 7) is 5.24. The minimum absolute atomic E-state index is 0.756. The van der Waals surface area contributed by atoms with Gasteiger partial charge in [-0.1, -0.05) is 44.5 Å². The highest BCUT2D eigenvalue weighted by atomic mass is 15.3. The molecule has 1 aromatic carbocycles. The number of hydrogen-bond acceptors (Lipinski definition) is 2. The van der Waals surface area contributed by atoms with Crippen molar-refractivity contribution in [3.05, 3.63) is 36.0 Å². The molecule has 0 saturated carbocycles. The molecule has 18 heavy (non-hydrogen) atoms. The van der Waals surface area contributed by atoms with Gasteiger partial charge in [0.25, 0.3) is 0 Å². The van der Waals surface area contributed by atoms with E-state index < -0.39 is 0 Å². The molecule has 0 spiro atoms. The fraction of sp³-hybridized carbons (Fsp3) is 0.400. The Morgan fingerprint density at radius 1 is 1.11 bits per heavy atom. The third kappa shape index (κ3) is 2.73. The summed E-state index contributed by atoms with van der Waals surface area (Å²) in [7, 11) is 0. The molecule has 1 aromatic heterocycles. The summed E-state index contributed by atoms with van der Waals surface area (Å²) < 4.78 is 1.92. The number of nitrogen functional groups attached to an aromatic ring is 1. The molecule has 0 fully saturated rings. The van der Waals surface area contributed by atoms with Gasteiger partial charge in [-0.15, -0.1) is 0 Å². The zero-order chi connectivity index (χ0) is 13.0. The van der Waals surface area contributed by atoms with Crippen LogP contribution < -0.4 is 5.73 Å². The van der Waals surface area contributed by atoms with E-state index in [4.69, 9.17) is 5.73 Å². The second kappa shape index (κ2) is 5.71. The second-order valence-corrected chi connectivity index (χ2v) is 4.64. The lowest BCUT2D eigenvalue weighted by atomic mass is 10.1. The number of anilines is 1. The molecule has 1 heterocycles. The number of rotatable bonds is 5. The third-order valence-electron chi connectivity index (χ3n) is 3.01. The average Bonchev–Trinajstić information content (AvgIpc) is 2.72. The molecule has 3 heteroatoms. The van der Waals surface area contributed by atoms with Crippen molar-refractivity contribution in [2.45, 2.75) is 39.7 Å². The van der Waals surface area contributed by atoms with Crippen LogP contribution in [0.1, 0.15) is 32.3 Å². The molecule has 2 N–H and O–H groups in total. The van der Waals surface area contributed by atoms with Gasteiger partial charge >= 0.3 is 0 Å². The quantitative estimate of drug-likeness (QED) is 0.873. The van der Waals surface area contributed by atoms with E-state index in [-0.39, 0.29) is 0 Å². The van der Waals surface area contributed by atoms with E-state index in [0.717, 1.165) is 36.3 Å². The maximum absolute atomic E-state index is 6.02. The van der Waals surface area contributed by atoms with Crippen LogP contribution in [0.25, 0.3) is 11.3 Å². The third-order valence-corrected chi connectivity index (χ3v) is 3.01. The van der Waals surface area contributed by atoms with Gasteiger partial charge in [-0.05, 0) is 18.4 Å². The Hall–Kier alpha value is -1.77. The lowest BCUT2D eigenvalue weighted by molar-refractivity contribution is 0.605. The zero-order valence-corrected chi connectivity index (χ0v) is 11.2. The Kier molecular flexibility index (Phi) is 4.03. The average molecular weight is 243 g/mol. The lowest BCUT2D eigenvalue weighted by Gasteiger charge is -2.02. The maximum Gasteiger partial charge on any atom is 0.115 e. The van der Waals surface area contributed by atoms with Crippen LogP contribution in [0.2, 0.25) is 0 Å². The van der Waals surface area contributed by atoms with Gasteiger partial charge in [-0.25, -0.2) is 0 Å². The lowest BCUT2D eigenvalue weighted by Crippen LogP contribution is -1.96. The first kappa shape index (κ1) is 12.7. The molecule has 0 saturated heterocycles. The van der Waals surface area contributed by atoms with Crippen molar-refractivity contribution < 1.29 is 0 Å². The monoisotopic (exact) mass is 243 g/mol. The Morgan fingerprint density at radius 3 is 2.44 bits per heavy atom. The Balaban J connectivity index is 2.24. The van der Waals surface area contributed by atoms with Gasteiger partial charge in [0.1, 0.15) is 5.69 Å². The number of nitrogens with zero attached hydrogens (tertiary/aromatic N) is 2. The molecule has 0 aliphatic carbocycles. The van der Waals surface area contributed by atoms with Crippen LogP contribution in [-0.2, 0) is 13.0 Å². The predicted octanol–water partition coefficient (Wildman–Crippen LogP) is 3.49. The number of benzene rings is 1. The molecule has 0 atom stereocenters. The summed E-state index contributed by atoms with van der Waals surface area (Å²) in [4.78, 5) is 0. The fourth-order valence-corrected chi connectivity index (χ4v) is 2.12. The molecule has 2 aromatic rings. The standard InChI is InChI=1S/C15H21N3/c1-3-5-12-6-8-13(9-7-12)15-14(16)11-18(17-15)10-4-2/h6-9,11H,3-5,10,16H2,1-2H3. The molecule has 0 amide bonds. The minimum Gasteiger partial charge on any atom is -0.396 e. The van der Waals surface area contributed by atoms with E-state index in [0.29, 0.717) is 0 Å². The van der Waals surface area contributed by atoms with Crippen molar-refractivity contribution in [2.24, 2.45) is 0 Å². The summed E-state index contributed by atoms with van der Waals surface area (Å²) in [5, 5.41) is 4.54. The SMILES string of the molecule is CCCc1ccc(-c2nn(CCC)cc2N)cc1. The molecule has 3 nitrogen and oxygen atoms in total. The maximum atomic E-state index is 6.02. The first-order valence-corrected chi connectivity index (χ1v) is 6.66. The summed E-state index contributed by atoms with van der Waals surface area (Å²) in [5.41, 5.74) is 10.1. The Labute approximate surface area is 109 Å². The molecule has 0 radical (unpaired) electrons. The molecular weight excluding hydrogens is 222 g/mol. The van der Waals surface area contributed by atoms with Gasteiger partial charge in [0.2, 0.25) is 0 Å². The predicted molar refractivity (Wildman–Crippen MR) is 76.4 cm³/mol. The summed E-state index contributed by atoms with van der Waals surface area (Å²) >= 11 is 0. The van der Waals surface area contributed by atoms with Crippen LogP contribution in [0.15, 0.2) is 30.5 Å². The van der Waals surface area contributed by atoms with Crippen LogP contribution in [0.5, 0.6) is 0 Å². The van der Waals surface area contributed by atoms with Crippen molar-refractivity contribution >= 4 is 5.69 Å². The summed E-state index contributed by atoms with van der Waals surface area (Å²) in [5.74, 6) is 0. The fourth-order valence-electron chi connectivity index (χ4n) is 2.12. The highest BCUT2D eigenvalue weighted by Gasteiger charge is 2.08. The topological polar surface area (TPSA) is 43.8 Å². The van der Waals surface area contributed by atoms with Crippen molar-refractivity contribution in [2.75, 3.05) is 5.73 Å². The largest absolute Gasteiger partial charge is 0.396 e. The van der Waals surface area contributed by atoms with Gasteiger partial charge in [0.15, 0.2) is 0 Å². The molecule has 0 bridgehead atoms. The van der Waals surface area contributed by atoms with E-state index in [1.54, 1.807) is 0 Å². The van der Waals surface area contributed by atoms with Crippen molar-refractivity contribution in [1.82, 2.24) is 9.78 Å². The molecular formula is C15H21N3. The van der Waals surface area contributed by atoms with E-state index in [9.17, 15) is 0 Å². The normalized spacial score (nSPS) is 10.8. The molecule has 0 aliphatic heterocycles. The van der Waals surface area contributed by atoms with Crippen molar-refractivity contribution in [3.63, 3.8) is 0 Å². The van der Waals surface area contributed by atoms with E-state index in [1.165, 1.54) is 12.0 Å². The smallest absolute Gasteiger partial charge is 0.115 e. The van der Waals surface area contributed by atoms with Gasteiger partial charge in [-0.2, -0.15) is 5.10 Å². The molecule has 2 rings (SSSR count). The van der Waals surface area contributed by atoms with Crippen LogP contribution in [0.4, 0.5) is 5.69 Å². The molecule has 96 valence electrons. The number of nitrogens with two attached hydrogens (primary N) is 1. The van der Waals surface area contributed by atoms with Crippen LogP contribution in [0.3, 0.4) is 0 Å². The minimum atomic E-state index is 0.756. The summed E-state index contributed by atoms with van der Waals surface area (Å²) in [6.07, 6.45) is 5.28. The van der Waals surface area contributed by atoms with Gasteiger partial charge in [-0.3, -0.25) is 4.68 Å². The van der Waals surface area contributed by atoms with E-state index >= 15 is 0 Å². The number of aryl methyl sites for hydroxylation is 2. The first-order chi connectivity index (χ1) is 8.74. The van der Waals surface area contributed by atoms with E-state index in [1.807, 2.05) is 10.9 Å². The van der Waals surface area contributed by atoms with Crippen LogP contribution in [-0.4, -0.2) is 9.78 Å². The highest BCUT2D eigenvalue weighted by molar-refractivity contribution is 5.72. The molecule has 0 aliphatic rings. The van der Waals surface area contributed by atoms with Gasteiger partial charge in [0, 0.05) is 18.3 Å². The van der Waals surface area contributed by atoms with E-state index in [2.05, 4.69) is 43.2 Å². The number of hydrogen-bond donors (Lipinski definition) is 1. The van der Waals surface area contributed by atoms with Crippen LogP contribution >= 0.6 is 0 Å². The summed E-state index contributed by atoms with van der Waals surface area (Å²) in [6, 6.07) is 8.55. The first-order valence-electron chi connectivity index (χ1n) is 6.66. The van der Waals surface area contributed by atoms with Crippen LogP contribution in [0, 0.1) is 0 Å². The van der Waals surface area contributed by atoms with Gasteiger partial charge < -0.3 is 5.73 Å². The second-order valence-electron chi connectivity index (χ2n) is 4.64.